The average molecular weight is 403 g/mol. The molecule has 1 aromatic rings. The van der Waals surface area contributed by atoms with E-state index in [0.29, 0.717) is 18.6 Å². The summed E-state index contributed by atoms with van der Waals surface area (Å²) in [7, 11) is -3.79. The van der Waals surface area contributed by atoms with Crippen molar-refractivity contribution in [2.24, 2.45) is 0 Å². The number of hydrogen-bond donors (Lipinski definition) is 0. The van der Waals surface area contributed by atoms with Crippen LogP contribution in [0.25, 0.3) is 0 Å². The number of fused-ring (bicyclic) bond motifs is 1. The summed E-state index contributed by atoms with van der Waals surface area (Å²) in [5.74, 6) is -0.592. The molecule has 2 aliphatic carbocycles. The van der Waals surface area contributed by atoms with Crippen LogP contribution in [0.3, 0.4) is 0 Å². The first-order valence-electron chi connectivity index (χ1n) is 9.61. The van der Waals surface area contributed by atoms with Crippen molar-refractivity contribution in [1.82, 2.24) is 0 Å². The maximum atomic E-state index is 13.4. The molecule has 2 atom stereocenters. The number of aryl methyl sites for hydroxylation is 1. The van der Waals surface area contributed by atoms with Crippen molar-refractivity contribution in [1.29, 1.82) is 0 Å². The molecule has 3 rings (SSSR count). The van der Waals surface area contributed by atoms with E-state index in [1.807, 2.05) is 26.0 Å². The number of rotatable bonds is 7. The van der Waals surface area contributed by atoms with Crippen molar-refractivity contribution in [3.63, 3.8) is 0 Å². The summed E-state index contributed by atoms with van der Waals surface area (Å²) in [4.78, 5) is 12.7. The van der Waals surface area contributed by atoms with Crippen molar-refractivity contribution in [2.75, 3.05) is 13.2 Å². The van der Waals surface area contributed by atoms with Gasteiger partial charge in [-0.15, -0.1) is 0 Å². The van der Waals surface area contributed by atoms with Gasteiger partial charge in [0.15, 0.2) is 9.84 Å². The number of sulfone groups is 1. The largest absolute Gasteiger partial charge is 0.463 e. The number of carbonyl (C=O) groups excluding carboxylic acids is 1. The summed E-state index contributed by atoms with van der Waals surface area (Å²) in [6.45, 7) is 6.47. The summed E-state index contributed by atoms with van der Waals surface area (Å²) in [6, 6.07) is 6.70. The molecule has 0 aliphatic heterocycles. The molecule has 0 aromatic heterocycles. The zero-order valence-electron chi connectivity index (χ0n) is 16.5. The Morgan fingerprint density at radius 3 is 2.54 bits per heavy atom. The van der Waals surface area contributed by atoms with Crippen molar-refractivity contribution in [2.45, 2.75) is 49.9 Å². The maximum Gasteiger partial charge on any atom is 0.335 e. The van der Waals surface area contributed by atoms with Crippen molar-refractivity contribution in [3.05, 3.63) is 64.8 Å². The third-order valence-corrected chi connectivity index (χ3v) is 6.91. The lowest BCUT2D eigenvalue weighted by molar-refractivity contribution is -0.138. The van der Waals surface area contributed by atoms with Gasteiger partial charge in [0.1, 0.15) is 5.25 Å². The lowest BCUT2D eigenvalue weighted by Crippen LogP contribution is -2.29. The Bertz CT molecular complexity index is 936. The van der Waals surface area contributed by atoms with Gasteiger partial charge in [-0.05, 0) is 62.1 Å². The summed E-state index contributed by atoms with van der Waals surface area (Å²) in [5.41, 5.74) is 2.51. The van der Waals surface area contributed by atoms with Crippen LogP contribution in [0.15, 0.2) is 64.1 Å². The van der Waals surface area contributed by atoms with Crippen LogP contribution >= 0.6 is 0 Å². The Morgan fingerprint density at radius 2 is 1.89 bits per heavy atom. The molecular weight excluding hydrogens is 376 g/mol. The second kappa shape index (κ2) is 8.45. The molecule has 0 fully saturated rings. The van der Waals surface area contributed by atoms with E-state index in [0.717, 1.165) is 17.6 Å². The molecule has 1 aromatic carbocycles. The minimum atomic E-state index is -3.79. The molecule has 6 heteroatoms. The topological polar surface area (TPSA) is 69.7 Å². The highest BCUT2D eigenvalue weighted by Crippen LogP contribution is 2.41. The molecule has 0 N–H and O–H groups in total. The number of ether oxygens (including phenoxy) is 2. The molecule has 0 bridgehead atoms. The number of esters is 1. The predicted molar refractivity (Wildman–Crippen MR) is 108 cm³/mol. The first-order chi connectivity index (χ1) is 13.4. The Labute approximate surface area is 166 Å². The summed E-state index contributed by atoms with van der Waals surface area (Å²) < 4.78 is 37.8. The molecule has 0 radical (unpaired) electrons. The Morgan fingerprint density at radius 1 is 1.18 bits per heavy atom. The molecule has 5 nitrogen and oxygen atoms in total. The monoisotopic (exact) mass is 402 g/mol. The van der Waals surface area contributed by atoms with Crippen LogP contribution in [0.5, 0.6) is 0 Å². The Hall–Kier alpha value is -2.18. The molecule has 0 spiro atoms. The molecule has 2 aliphatic rings. The zero-order valence-corrected chi connectivity index (χ0v) is 17.3. The van der Waals surface area contributed by atoms with Crippen LogP contribution in [0.4, 0.5) is 0 Å². The number of benzene rings is 1. The predicted octanol–water partition coefficient (Wildman–Crippen LogP) is 3.69. The smallest absolute Gasteiger partial charge is 0.335 e. The van der Waals surface area contributed by atoms with Crippen LogP contribution in [-0.2, 0) is 24.1 Å². The normalized spacial score (nSPS) is 21.5. The van der Waals surface area contributed by atoms with Gasteiger partial charge in [-0.1, -0.05) is 30.7 Å². The standard InChI is InChI=1S/C22H26O5S/c1-4-12-27-17-8-11-19-16(13-17)14-20(22(23)26-5-2)21(19)28(24,25)18-9-6-15(3)7-10-18/h6-7,9-11,13-14,17,21H,4-5,8,12H2,1-3H3. The van der Waals surface area contributed by atoms with Crippen LogP contribution in [0.1, 0.15) is 32.3 Å². The summed E-state index contributed by atoms with van der Waals surface area (Å²) in [5, 5.41) is -1.05. The van der Waals surface area contributed by atoms with Gasteiger partial charge in [0.2, 0.25) is 0 Å². The summed E-state index contributed by atoms with van der Waals surface area (Å²) >= 11 is 0. The lowest BCUT2D eigenvalue weighted by Gasteiger charge is -2.22. The first-order valence-corrected chi connectivity index (χ1v) is 11.2. The molecular formula is C22H26O5S. The first kappa shape index (κ1) is 20.6. The van der Waals surface area contributed by atoms with E-state index in [1.165, 1.54) is 0 Å². The van der Waals surface area contributed by atoms with Crippen LogP contribution < -0.4 is 0 Å². The van der Waals surface area contributed by atoms with E-state index < -0.39 is 21.1 Å². The van der Waals surface area contributed by atoms with E-state index in [4.69, 9.17) is 9.47 Å². The Kier molecular flexibility index (Phi) is 6.20. The van der Waals surface area contributed by atoms with Crippen molar-refractivity contribution < 1.29 is 22.7 Å². The van der Waals surface area contributed by atoms with Crippen LogP contribution in [0.2, 0.25) is 0 Å². The molecule has 0 amide bonds. The fourth-order valence-electron chi connectivity index (χ4n) is 3.49. The van der Waals surface area contributed by atoms with Gasteiger partial charge < -0.3 is 9.47 Å². The van der Waals surface area contributed by atoms with Crippen molar-refractivity contribution in [3.8, 4) is 0 Å². The molecule has 2 unspecified atom stereocenters. The number of carbonyl (C=O) groups is 1. The van der Waals surface area contributed by atoms with Gasteiger partial charge >= 0.3 is 5.97 Å². The van der Waals surface area contributed by atoms with Crippen LogP contribution in [0, 0.1) is 6.92 Å². The highest BCUT2D eigenvalue weighted by Gasteiger charge is 2.43. The molecule has 150 valence electrons. The van der Waals surface area contributed by atoms with Gasteiger partial charge in [0.25, 0.3) is 0 Å². The maximum absolute atomic E-state index is 13.4. The van der Waals surface area contributed by atoms with Gasteiger partial charge in [-0.2, -0.15) is 0 Å². The Balaban J connectivity index is 2.02. The second-order valence-corrected chi connectivity index (χ2v) is 9.02. The van der Waals surface area contributed by atoms with Gasteiger partial charge in [0, 0.05) is 6.61 Å². The SMILES string of the molecule is CCCOC1C=C2C=C(C(=O)OCC)C(S(=O)(=O)c3ccc(C)cc3)C2=CC1. The van der Waals surface area contributed by atoms with E-state index in [1.54, 1.807) is 37.3 Å². The van der Waals surface area contributed by atoms with Gasteiger partial charge in [-0.25, -0.2) is 13.2 Å². The highest BCUT2D eigenvalue weighted by atomic mass is 32.2. The molecule has 0 heterocycles. The third kappa shape index (κ3) is 3.98. The minimum Gasteiger partial charge on any atom is -0.463 e. The number of allylic oxidation sites excluding steroid dienone is 2. The quantitative estimate of drug-likeness (QED) is 0.651. The van der Waals surface area contributed by atoms with E-state index in [-0.39, 0.29) is 23.2 Å². The minimum absolute atomic E-state index is 0.112. The average Bonchev–Trinajstić information content (AvgIpc) is 3.06. The fraction of sp³-hybridized carbons (Fsp3) is 0.409. The molecule has 0 saturated carbocycles. The van der Waals surface area contributed by atoms with Gasteiger partial charge in [-0.3, -0.25) is 0 Å². The van der Waals surface area contributed by atoms with Crippen LogP contribution in [-0.4, -0.2) is 39.0 Å². The third-order valence-electron chi connectivity index (χ3n) is 4.85. The highest BCUT2D eigenvalue weighted by molar-refractivity contribution is 7.92. The molecule has 0 saturated heterocycles. The van der Waals surface area contributed by atoms with E-state index >= 15 is 0 Å². The van der Waals surface area contributed by atoms with Gasteiger partial charge in [0.05, 0.1) is 23.2 Å². The van der Waals surface area contributed by atoms with Crippen molar-refractivity contribution >= 4 is 15.8 Å². The fourth-order valence-corrected chi connectivity index (χ4v) is 5.34. The van der Waals surface area contributed by atoms with E-state index in [2.05, 4.69) is 0 Å². The summed E-state index contributed by atoms with van der Waals surface area (Å²) in [6.07, 6.45) is 6.82. The number of hydrogen-bond acceptors (Lipinski definition) is 5. The lowest BCUT2D eigenvalue weighted by atomic mass is 9.98. The van der Waals surface area contributed by atoms with E-state index in [9.17, 15) is 13.2 Å². The second-order valence-electron chi connectivity index (χ2n) is 6.98. The zero-order chi connectivity index (χ0) is 20.3. The molecule has 28 heavy (non-hydrogen) atoms.